The summed E-state index contributed by atoms with van der Waals surface area (Å²) in [5.74, 6) is 1.32. The normalized spacial score (nSPS) is 12.0. The Labute approximate surface area is 123 Å². The second-order valence-corrected chi connectivity index (χ2v) is 4.77. The predicted molar refractivity (Wildman–Crippen MR) is 79.7 cm³/mol. The number of aromatic nitrogens is 2. The van der Waals surface area contributed by atoms with Gasteiger partial charge in [0.2, 0.25) is 0 Å². The van der Waals surface area contributed by atoms with Crippen molar-refractivity contribution in [3.63, 3.8) is 0 Å². The summed E-state index contributed by atoms with van der Waals surface area (Å²) in [5.41, 5.74) is 7.64. The molecule has 1 aromatic heterocycles. The second-order valence-electron chi connectivity index (χ2n) is 4.77. The van der Waals surface area contributed by atoms with Gasteiger partial charge in [-0.1, -0.05) is 6.07 Å². The molecule has 1 heterocycles. The summed E-state index contributed by atoms with van der Waals surface area (Å²) in [7, 11) is 3.16. The van der Waals surface area contributed by atoms with Gasteiger partial charge in [0, 0.05) is 17.7 Å². The van der Waals surface area contributed by atoms with Crippen LogP contribution in [0.4, 0.5) is 0 Å². The van der Waals surface area contributed by atoms with E-state index >= 15 is 0 Å². The van der Waals surface area contributed by atoms with Gasteiger partial charge in [0.05, 0.1) is 33.0 Å². The number of nitrogens with two attached hydrogens (primary N) is 1. The summed E-state index contributed by atoms with van der Waals surface area (Å²) in [5, 5.41) is 4.09. The van der Waals surface area contributed by atoms with Crippen molar-refractivity contribution in [1.29, 1.82) is 0 Å². The molecule has 0 saturated heterocycles. The van der Waals surface area contributed by atoms with Crippen LogP contribution in [0.3, 0.4) is 0 Å². The van der Waals surface area contributed by atoms with Crippen molar-refractivity contribution in [1.82, 2.24) is 9.78 Å². The Morgan fingerprint density at radius 2 is 2.05 bits per heavy atom. The molecular formula is C15H19N3O3. The number of benzene rings is 1. The number of methoxy groups -OCH3 is 2. The fourth-order valence-electron chi connectivity index (χ4n) is 2.07. The molecule has 0 spiro atoms. The maximum absolute atomic E-state index is 11.9. The van der Waals surface area contributed by atoms with Crippen LogP contribution in [0.5, 0.6) is 11.5 Å². The molecule has 21 heavy (non-hydrogen) atoms. The average Bonchev–Trinajstić information content (AvgIpc) is 2.49. The van der Waals surface area contributed by atoms with E-state index < -0.39 is 6.04 Å². The van der Waals surface area contributed by atoms with Gasteiger partial charge in [0.25, 0.3) is 5.56 Å². The lowest BCUT2D eigenvalue weighted by molar-refractivity contribution is 0.384. The summed E-state index contributed by atoms with van der Waals surface area (Å²) in [6.45, 7) is 2.10. The van der Waals surface area contributed by atoms with Gasteiger partial charge in [-0.2, -0.15) is 5.10 Å². The first-order chi connectivity index (χ1) is 10.0. The van der Waals surface area contributed by atoms with Crippen molar-refractivity contribution in [2.24, 2.45) is 5.73 Å². The van der Waals surface area contributed by atoms with Gasteiger partial charge < -0.3 is 15.2 Å². The van der Waals surface area contributed by atoms with E-state index in [2.05, 4.69) is 5.10 Å². The number of rotatable bonds is 5. The topological polar surface area (TPSA) is 79.4 Å². The standard InChI is InChI=1S/C15H19N3O3/c1-10-6-15(19)18(17-8-10)9-13(16)12-5-4-11(20-2)7-14(12)21-3/h4-8,13H,9,16H2,1-3H3. The molecule has 1 aromatic carbocycles. The third-order valence-electron chi connectivity index (χ3n) is 3.22. The lowest BCUT2D eigenvalue weighted by atomic mass is 10.1. The molecule has 0 amide bonds. The van der Waals surface area contributed by atoms with E-state index in [1.165, 1.54) is 10.7 Å². The van der Waals surface area contributed by atoms with E-state index in [1.807, 2.05) is 19.1 Å². The smallest absolute Gasteiger partial charge is 0.267 e. The lowest BCUT2D eigenvalue weighted by Gasteiger charge is -2.17. The maximum Gasteiger partial charge on any atom is 0.267 e. The van der Waals surface area contributed by atoms with Crippen LogP contribution in [0.15, 0.2) is 35.3 Å². The van der Waals surface area contributed by atoms with Gasteiger partial charge in [-0.3, -0.25) is 4.79 Å². The number of aryl methyl sites for hydroxylation is 1. The van der Waals surface area contributed by atoms with E-state index in [4.69, 9.17) is 15.2 Å². The summed E-state index contributed by atoms with van der Waals surface area (Å²) < 4.78 is 11.8. The van der Waals surface area contributed by atoms with Gasteiger partial charge in [0.1, 0.15) is 11.5 Å². The highest BCUT2D eigenvalue weighted by Gasteiger charge is 2.14. The molecule has 0 bridgehead atoms. The molecular weight excluding hydrogens is 270 g/mol. The first kappa shape index (κ1) is 15.1. The minimum absolute atomic E-state index is 0.169. The Balaban J connectivity index is 2.27. The Morgan fingerprint density at radius 1 is 1.29 bits per heavy atom. The van der Waals surface area contributed by atoms with Crippen LogP contribution in [0.2, 0.25) is 0 Å². The van der Waals surface area contributed by atoms with Crippen LogP contribution >= 0.6 is 0 Å². The molecule has 2 aromatic rings. The van der Waals surface area contributed by atoms with E-state index in [0.29, 0.717) is 11.5 Å². The number of hydrogen-bond donors (Lipinski definition) is 1. The van der Waals surface area contributed by atoms with Crippen LogP contribution in [-0.4, -0.2) is 24.0 Å². The van der Waals surface area contributed by atoms with Crippen LogP contribution in [0.1, 0.15) is 17.2 Å². The van der Waals surface area contributed by atoms with Crippen molar-refractivity contribution in [3.05, 3.63) is 51.9 Å². The predicted octanol–water partition coefficient (Wildman–Crippen LogP) is 1.27. The van der Waals surface area contributed by atoms with Gasteiger partial charge in [-0.25, -0.2) is 4.68 Å². The number of hydrogen-bond acceptors (Lipinski definition) is 5. The lowest BCUT2D eigenvalue weighted by Crippen LogP contribution is -2.28. The zero-order chi connectivity index (χ0) is 15.4. The summed E-state index contributed by atoms with van der Waals surface area (Å²) in [6, 6.07) is 6.54. The van der Waals surface area contributed by atoms with Crippen molar-refractivity contribution in [3.8, 4) is 11.5 Å². The summed E-state index contributed by atoms with van der Waals surface area (Å²) in [4.78, 5) is 11.9. The fourth-order valence-corrected chi connectivity index (χ4v) is 2.07. The number of nitrogens with zero attached hydrogens (tertiary/aromatic N) is 2. The minimum Gasteiger partial charge on any atom is -0.497 e. The van der Waals surface area contributed by atoms with E-state index in [0.717, 1.165) is 11.1 Å². The van der Waals surface area contributed by atoms with Crippen LogP contribution in [-0.2, 0) is 6.54 Å². The van der Waals surface area contributed by atoms with Gasteiger partial charge in [-0.15, -0.1) is 0 Å². The first-order valence-corrected chi connectivity index (χ1v) is 6.56. The largest absolute Gasteiger partial charge is 0.497 e. The Hall–Kier alpha value is -2.34. The second kappa shape index (κ2) is 6.41. The molecule has 1 unspecified atom stereocenters. The molecule has 6 nitrogen and oxygen atoms in total. The molecule has 6 heteroatoms. The minimum atomic E-state index is -0.404. The number of ether oxygens (including phenoxy) is 2. The average molecular weight is 289 g/mol. The van der Waals surface area contributed by atoms with Gasteiger partial charge in [0.15, 0.2) is 0 Å². The quantitative estimate of drug-likeness (QED) is 0.896. The molecule has 0 aliphatic heterocycles. The molecule has 112 valence electrons. The van der Waals surface area contributed by atoms with E-state index in [-0.39, 0.29) is 12.1 Å². The third-order valence-corrected chi connectivity index (χ3v) is 3.22. The van der Waals surface area contributed by atoms with Crippen molar-refractivity contribution in [2.75, 3.05) is 14.2 Å². The zero-order valence-corrected chi connectivity index (χ0v) is 12.4. The van der Waals surface area contributed by atoms with E-state index in [9.17, 15) is 4.79 Å². The Morgan fingerprint density at radius 3 is 2.67 bits per heavy atom. The van der Waals surface area contributed by atoms with Crippen molar-refractivity contribution < 1.29 is 9.47 Å². The first-order valence-electron chi connectivity index (χ1n) is 6.56. The van der Waals surface area contributed by atoms with Gasteiger partial charge in [-0.05, 0) is 18.6 Å². The Kier molecular flexibility index (Phi) is 4.59. The van der Waals surface area contributed by atoms with Gasteiger partial charge >= 0.3 is 0 Å². The highest BCUT2D eigenvalue weighted by molar-refractivity contribution is 5.42. The highest BCUT2D eigenvalue weighted by Crippen LogP contribution is 2.28. The third kappa shape index (κ3) is 3.41. The summed E-state index contributed by atoms with van der Waals surface area (Å²) in [6.07, 6.45) is 1.64. The zero-order valence-electron chi connectivity index (χ0n) is 12.4. The van der Waals surface area contributed by atoms with Crippen LogP contribution in [0.25, 0.3) is 0 Å². The molecule has 2 N–H and O–H groups in total. The SMILES string of the molecule is COc1ccc(C(N)Cn2ncc(C)cc2=O)c(OC)c1. The molecule has 0 aliphatic carbocycles. The molecule has 1 atom stereocenters. The van der Waals surface area contributed by atoms with E-state index in [1.54, 1.807) is 26.5 Å². The molecule has 0 aliphatic rings. The molecule has 0 saturated carbocycles. The van der Waals surface area contributed by atoms with Crippen molar-refractivity contribution in [2.45, 2.75) is 19.5 Å². The van der Waals surface area contributed by atoms with Crippen molar-refractivity contribution >= 4 is 0 Å². The Bertz CT molecular complexity index is 682. The summed E-state index contributed by atoms with van der Waals surface area (Å²) >= 11 is 0. The van der Waals surface area contributed by atoms with Crippen LogP contribution in [0, 0.1) is 6.92 Å². The highest BCUT2D eigenvalue weighted by atomic mass is 16.5. The molecule has 0 radical (unpaired) electrons. The fraction of sp³-hybridized carbons (Fsp3) is 0.333. The van der Waals surface area contributed by atoms with Crippen LogP contribution < -0.4 is 20.8 Å². The molecule has 0 fully saturated rings. The molecule has 2 rings (SSSR count). The maximum atomic E-state index is 11.9. The monoisotopic (exact) mass is 289 g/mol.